The van der Waals surface area contributed by atoms with Gasteiger partial charge in [0.15, 0.2) is 5.82 Å². The average Bonchev–Trinajstić information content (AvgIpc) is 3.85. The Hall–Kier alpha value is -4.65. The van der Waals surface area contributed by atoms with E-state index in [0.29, 0.717) is 50.3 Å². The third-order valence-corrected chi connectivity index (χ3v) is 13.1. The Kier molecular flexibility index (Phi) is 8.44. The Bertz CT molecular complexity index is 2390. The number of nitrogens with zero attached hydrogens (tertiary/aromatic N) is 8. The topological polar surface area (TPSA) is 129 Å². The molecule has 4 aliphatic rings. The van der Waals surface area contributed by atoms with Crippen molar-refractivity contribution in [1.82, 2.24) is 29.3 Å². The van der Waals surface area contributed by atoms with Crippen LogP contribution in [0, 0.1) is 35.3 Å². The summed E-state index contributed by atoms with van der Waals surface area (Å²) in [5.74, 6) is -0.923. The summed E-state index contributed by atoms with van der Waals surface area (Å²) >= 11 is 7.87. The molecule has 1 amide bonds. The number of thiophene rings is 1. The minimum atomic E-state index is -0.957. The van der Waals surface area contributed by atoms with Gasteiger partial charge in [-0.2, -0.15) is 15.2 Å². The summed E-state index contributed by atoms with van der Waals surface area (Å²) in [6, 6.07) is 6.08. The number of anilines is 2. The third kappa shape index (κ3) is 5.64. The van der Waals surface area contributed by atoms with Crippen molar-refractivity contribution < 1.29 is 22.7 Å². The molecule has 9 rings (SSSR count). The Balaban J connectivity index is 1.14. The van der Waals surface area contributed by atoms with E-state index >= 15 is 8.78 Å². The number of nitrogens with two attached hydrogens (primary N) is 1. The molecular weight excluding hydrogens is 739 g/mol. The molecule has 16 heteroatoms. The van der Waals surface area contributed by atoms with Crippen LogP contribution in [0.3, 0.4) is 0 Å². The lowest BCUT2D eigenvalue weighted by atomic mass is 9.76. The standard InChI is InChI=1S/C38H37ClF3N9O2S/c1-21-14-49(20-45-21)36(52)50-17-37(18-50)7-2-3-9-48(16-37)34-24-11-26(39)29(23-5-6-27(41)32-28(23)25(13-43)33(44)54-32)30(42)31(24)46-35(47-34)53-19-38-8-4-10-51(38)15-22(40)12-38/h5-6,11,14,20,22H,2-4,7-10,12,15-19,44H2,1H3/t22-,38+/m1/s1. The van der Waals surface area contributed by atoms with Gasteiger partial charge in [-0.15, -0.1) is 11.3 Å². The molecule has 280 valence electrons. The largest absolute Gasteiger partial charge is 0.461 e. The van der Waals surface area contributed by atoms with Gasteiger partial charge in [-0.1, -0.05) is 24.1 Å². The number of alkyl halides is 1. The molecule has 54 heavy (non-hydrogen) atoms. The first-order valence-corrected chi connectivity index (χ1v) is 19.3. The van der Waals surface area contributed by atoms with Crippen LogP contribution in [0.25, 0.3) is 32.1 Å². The molecule has 1 spiro atoms. The molecule has 0 unspecified atom stereocenters. The second-order valence-corrected chi connectivity index (χ2v) is 16.8. The van der Waals surface area contributed by atoms with Gasteiger partial charge < -0.3 is 20.3 Å². The number of amides is 1. The molecule has 0 aliphatic carbocycles. The lowest BCUT2D eigenvalue weighted by molar-refractivity contribution is 0.0327. The number of halogens is 4. The lowest BCUT2D eigenvalue weighted by Crippen LogP contribution is -2.62. The average molecular weight is 776 g/mol. The normalized spacial score (nSPS) is 22.5. The van der Waals surface area contributed by atoms with E-state index in [0.717, 1.165) is 55.7 Å². The highest BCUT2D eigenvalue weighted by Gasteiger charge is 2.50. The number of hydrogen-bond acceptors (Lipinski definition) is 10. The van der Waals surface area contributed by atoms with Crippen LogP contribution >= 0.6 is 22.9 Å². The van der Waals surface area contributed by atoms with Crippen molar-refractivity contribution in [2.24, 2.45) is 5.41 Å². The van der Waals surface area contributed by atoms with Crippen molar-refractivity contribution in [3.05, 3.63) is 58.6 Å². The predicted molar refractivity (Wildman–Crippen MR) is 201 cm³/mol. The molecule has 2 aromatic carbocycles. The van der Waals surface area contributed by atoms with E-state index < -0.39 is 23.3 Å². The maximum atomic E-state index is 17.3. The van der Waals surface area contributed by atoms with Crippen LogP contribution in [-0.4, -0.2) is 92.9 Å². The number of ether oxygens (including phenoxy) is 1. The number of aryl methyl sites for hydroxylation is 1. The van der Waals surface area contributed by atoms with Gasteiger partial charge in [-0.05, 0) is 56.8 Å². The van der Waals surface area contributed by atoms with E-state index in [1.165, 1.54) is 23.0 Å². The number of benzene rings is 2. The van der Waals surface area contributed by atoms with Crippen molar-refractivity contribution in [3.63, 3.8) is 0 Å². The molecule has 2 N–H and O–H groups in total. The molecule has 0 saturated carbocycles. The molecular formula is C38H37ClF3N9O2S. The van der Waals surface area contributed by atoms with Crippen molar-refractivity contribution in [2.75, 3.05) is 56.5 Å². The van der Waals surface area contributed by atoms with Gasteiger partial charge in [0.2, 0.25) is 0 Å². The van der Waals surface area contributed by atoms with Crippen molar-refractivity contribution in [3.8, 4) is 23.2 Å². The minimum absolute atomic E-state index is 0.0288. The SMILES string of the molecule is Cc1cn(C(=O)N2CC3(CCCCN(c4nc(OC[C@@]56CCCN5C[C@H](F)C6)nc5c(F)c(-c6ccc(F)c7sc(N)c(C#N)c67)c(Cl)cc45)C3)C2)cn1. The first kappa shape index (κ1) is 35.1. The Morgan fingerprint density at radius 2 is 2.00 bits per heavy atom. The van der Waals surface area contributed by atoms with Gasteiger partial charge in [-0.25, -0.2) is 22.9 Å². The summed E-state index contributed by atoms with van der Waals surface area (Å²) in [6.45, 7) is 5.36. The quantitative estimate of drug-likeness (QED) is 0.195. The third-order valence-electron chi connectivity index (χ3n) is 11.7. The summed E-state index contributed by atoms with van der Waals surface area (Å²) in [7, 11) is 0. The minimum Gasteiger partial charge on any atom is -0.461 e. The van der Waals surface area contributed by atoms with Crippen molar-refractivity contribution in [1.29, 1.82) is 5.26 Å². The van der Waals surface area contributed by atoms with Gasteiger partial charge >= 0.3 is 12.0 Å². The fourth-order valence-electron chi connectivity index (χ4n) is 9.26. The zero-order valence-corrected chi connectivity index (χ0v) is 31.1. The Morgan fingerprint density at radius 1 is 1.17 bits per heavy atom. The van der Waals surface area contributed by atoms with E-state index in [4.69, 9.17) is 27.1 Å². The summed E-state index contributed by atoms with van der Waals surface area (Å²) < 4.78 is 54.9. The van der Waals surface area contributed by atoms with Gasteiger partial charge in [0.1, 0.15) is 47.3 Å². The van der Waals surface area contributed by atoms with E-state index in [-0.39, 0.29) is 66.4 Å². The highest BCUT2D eigenvalue weighted by atomic mass is 35.5. The second-order valence-electron chi connectivity index (χ2n) is 15.3. The number of fused-ring (bicyclic) bond motifs is 3. The number of carbonyl (C=O) groups excluding carboxylic acids is 1. The number of carbonyl (C=O) groups is 1. The van der Waals surface area contributed by atoms with E-state index in [2.05, 4.69) is 19.8 Å². The monoisotopic (exact) mass is 775 g/mol. The van der Waals surface area contributed by atoms with Crippen LogP contribution in [0.5, 0.6) is 6.01 Å². The van der Waals surface area contributed by atoms with Crippen molar-refractivity contribution in [2.45, 2.75) is 57.2 Å². The number of imidazole rings is 1. The second kappa shape index (κ2) is 13.0. The molecule has 7 heterocycles. The Labute approximate surface area is 318 Å². The molecule has 0 bridgehead atoms. The zero-order chi connectivity index (χ0) is 37.5. The molecule has 0 radical (unpaired) electrons. The van der Waals surface area contributed by atoms with Gasteiger partial charge in [-0.3, -0.25) is 9.47 Å². The van der Waals surface area contributed by atoms with Crippen LogP contribution < -0.4 is 15.4 Å². The Morgan fingerprint density at radius 3 is 2.78 bits per heavy atom. The van der Waals surface area contributed by atoms with Crippen LogP contribution in [0.1, 0.15) is 49.8 Å². The molecule has 5 aromatic rings. The van der Waals surface area contributed by atoms with E-state index in [9.17, 15) is 14.4 Å². The molecule has 4 fully saturated rings. The van der Waals surface area contributed by atoms with Crippen LogP contribution in [0.15, 0.2) is 30.7 Å². The number of hydrogen-bond donors (Lipinski definition) is 1. The fourth-order valence-corrected chi connectivity index (χ4v) is 10.5. The summed E-state index contributed by atoms with van der Waals surface area (Å²) in [6.07, 6.45) is 7.00. The molecule has 4 aliphatic heterocycles. The van der Waals surface area contributed by atoms with Gasteiger partial charge in [0, 0.05) is 67.1 Å². The van der Waals surface area contributed by atoms with Crippen molar-refractivity contribution >= 4 is 60.8 Å². The number of rotatable bonds is 5. The number of aromatic nitrogens is 4. The zero-order valence-electron chi connectivity index (χ0n) is 29.5. The molecule has 4 saturated heterocycles. The predicted octanol–water partition coefficient (Wildman–Crippen LogP) is 7.32. The van der Waals surface area contributed by atoms with Gasteiger partial charge in [0.05, 0.1) is 26.5 Å². The molecule has 3 aromatic heterocycles. The first-order valence-electron chi connectivity index (χ1n) is 18.2. The lowest BCUT2D eigenvalue weighted by Gasteiger charge is -2.51. The molecule has 2 atom stereocenters. The van der Waals surface area contributed by atoms with Gasteiger partial charge in [0.25, 0.3) is 0 Å². The van der Waals surface area contributed by atoms with Crippen LogP contribution in [0.2, 0.25) is 5.02 Å². The molecule has 11 nitrogen and oxygen atoms in total. The van der Waals surface area contributed by atoms with E-state index in [1.807, 2.05) is 17.9 Å². The fraction of sp³-hybridized carbons (Fsp3) is 0.447. The summed E-state index contributed by atoms with van der Waals surface area (Å²) in [4.78, 5) is 33.0. The van der Waals surface area contributed by atoms with Crippen LogP contribution in [-0.2, 0) is 0 Å². The van der Waals surface area contributed by atoms with Crippen LogP contribution in [0.4, 0.5) is 28.8 Å². The highest BCUT2D eigenvalue weighted by molar-refractivity contribution is 7.23. The summed E-state index contributed by atoms with van der Waals surface area (Å²) in [5, 5.41) is 10.6. The van der Waals surface area contributed by atoms with E-state index in [1.54, 1.807) is 12.3 Å². The number of nitrogen functional groups attached to an aromatic ring is 1. The summed E-state index contributed by atoms with van der Waals surface area (Å²) in [5.41, 5.74) is 6.31. The smallest absolute Gasteiger partial charge is 0.329 e. The maximum Gasteiger partial charge on any atom is 0.329 e. The number of likely N-dealkylation sites (tertiary alicyclic amines) is 1. The first-order chi connectivity index (χ1) is 26.0. The number of nitriles is 1. The highest BCUT2D eigenvalue weighted by Crippen LogP contribution is 2.47. The maximum absolute atomic E-state index is 17.3.